The highest BCUT2D eigenvalue weighted by atomic mass is 16.6. The van der Waals surface area contributed by atoms with Gasteiger partial charge in [0.15, 0.2) is 0 Å². The first kappa shape index (κ1) is 12.8. The van der Waals surface area contributed by atoms with Crippen LogP contribution in [0.25, 0.3) is 11.3 Å². The van der Waals surface area contributed by atoms with E-state index in [1.807, 2.05) is 6.07 Å². The topological polar surface area (TPSA) is 93.6 Å². The fourth-order valence-electron chi connectivity index (χ4n) is 1.71. The van der Waals surface area contributed by atoms with Gasteiger partial charge in [0.2, 0.25) is 0 Å². The average molecular weight is 261 g/mol. The van der Waals surface area contributed by atoms with Crippen LogP contribution in [-0.4, -0.2) is 16.0 Å². The molecule has 1 aromatic carbocycles. The van der Waals surface area contributed by atoms with Gasteiger partial charge in [-0.1, -0.05) is 18.2 Å². The molecule has 19 heavy (non-hydrogen) atoms. The molecule has 6 heteroatoms. The Hall–Kier alpha value is -2.63. The van der Waals surface area contributed by atoms with Gasteiger partial charge in [0, 0.05) is 12.0 Å². The Balaban J connectivity index is 2.21. The van der Waals surface area contributed by atoms with Gasteiger partial charge < -0.3 is 9.52 Å². The normalized spacial score (nSPS) is 10.3. The maximum absolute atomic E-state index is 10.5. The zero-order valence-electron chi connectivity index (χ0n) is 9.91. The number of nitro groups is 1. The lowest BCUT2D eigenvalue weighted by Crippen LogP contribution is -1.97. The molecule has 0 saturated carbocycles. The molecule has 1 N–H and O–H groups in total. The molecule has 1 heterocycles. The molecule has 0 bridgehead atoms. The van der Waals surface area contributed by atoms with Crippen LogP contribution in [0.1, 0.15) is 12.0 Å². The number of carboxylic acids is 1. The van der Waals surface area contributed by atoms with Crippen LogP contribution in [0.4, 0.5) is 5.88 Å². The van der Waals surface area contributed by atoms with Crippen molar-refractivity contribution in [3.8, 4) is 11.3 Å². The van der Waals surface area contributed by atoms with E-state index in [4.69, 9.17) is 9.52 Å². The van der Waals surface area contributed by atoms with Gasteiger partial charge in [0.25, 0.3) is 0 Å². The van der Waals surface area contributed by atoms with Crippen molar-refractivity contribution >= 4 is 11.9 Å². The molecule has 2 aromatic rings. The van der Waals surface area contributed by atoms with Gasteiger partial charge in [0.1, 0.15) is 10.7 Å². The smallest absolute Gasteiger partial charge is 0.433 e. The average Bonchev–Trinajstić information content (AvgIpc) is 2.86. The zero-order valence-corrected chi connectivity index (χ0v) is 9.91. The Kier molecular flexibility index (Phi) is 3.61. The molecule has 0 atom stereocenters. The number of carboxylic acid groups (broad SMARTS) is 1. The van der Waals surface area contributed by atoms with Gasteiger partial charge in [-0.3, -0.25) is 14.9 Å². The summed E-state index contributed by atoms with van der Waals surface area (Å²) in [4.78, 5) is 20.4. The lowest BCUT2D eigenvalue weighted by atomic mass is 10.1. The predicted molar refractivity (Wildman–Crippen MR) is 66.8 cm³/mol. The first-order valence-electron chi connectivity index (χ1n) is 5.61. The second kappa shape index (κ2) is 5.34. The van der Waals surface area contributed by atoms with Crippen molar-refractivity contribution in [3.05, 3.63) is 52.1 Å². The third-order valence-corrected chi connectivity index (χ3v) is 2.61. The molecule has 0 unspecified atom stereocenters. The number of furan rings is 1. The SMILES string of the molecule is O=C(O)CCc1cccc(-c2ccc([N+](=O)[O-])o2)c1. The third kappa shape index (κ3) is 3.19. The summed E-state index contributed by atoms with van der Waals surface area (Å²) in [7, 11) is 0. The fourth-order valence-corrected chi connectivity index (χ4v) is 1.71. The van der Waals surface area contributed by atoms with E-state index in [1.165, 1.54) is 12.1 Å². The van der Waals surface area contributed by atoms with E-state index in [-0.39, 0.29) is 12.3 Å². The molecule has 0 aliphatic rings. The van der Waals surface area contributed by atoms with Crippen molar-refractivity contribution in [2.45, 2.75) is 12.8 Å². The van der Waals surface area contributed by atoms with Crippen molar-refractivity contribution in [2.24, 2.45) is 0 Å². The van der Waals surface area contributed by atoms with E-state index < -0.39 is 10.9 Å². The first-order valence-corrected chi connectivity index (χ1v) is 5.61. The first-order chi connectivity index (χ1) is 9.06. The van der Waals surface area contributed by atoms with E-state index in [1.54, 1.807) is 18.2 Å². The molecule has 0 aliphatic carbocycles. The molecule has 0 fully saturated rings. The van der Waals surface area contributed by atoms with E-state index in [9.17, 15) is 14.9 Å². The number of benzene rings is 1. The van der Waals surface area contributed by atoms with Crippen molar-refractivity contribution in [3.63, 3.8) is 0 Å². The number of aliphatic carboxylic acids is 1. The third-order valence-electron chi connectivity index (χ3n) is 2.61. The summed E-state index contributed by atoms with van der Waals surface area (Å²) >= 11 is 0. The van der Waals surface area contributed by atoms with E-state index in [0.717, 1.165) is 5.56 Å². The number of aryl methyl sites for hydroxylation is 1. The maximum atomic E-state index is 10.5. The van der Waals surface area contributed by atoms with Crippen LogP contribution in [-0.2, 0) is 11.2 Å². The largest absolute Gasteiger partial charge is 0.481 e. The molecule has 98 valence electrons. The van der Waals surface area contributed by atoms with Gasteiger partial charge in [0.05, 0.1) is 6.07 Å². The lowest BCUT2D eigenvalue weighted by molar-refractivity contribution is -0.401. The van der Waals surface area contributed by atoms with Gasteiger partial charge in [-0.05, 0) is 24.1 Å². The summed E-state index contributed by atoms with van der Waals surface area (Å²) in [6, 6.07) is 9.91. The Bertz CT molecular complexity index is 617. The summed E-state index contributed by atoms with van der Waals surface area (Å²) < 4.78 is 5.10. The molecular weight excluding hydrogens is 250 g/mol. The van der Waals surface area contributed by atoms with Crippen LogP contribution in [0.2, 0.25) is 0 Å². The number of nitrogens with zero attached hydrogens (tertiary/aromatic N) is 1. The summed E-state index contributed by atoms with van der Waals surface area (Å²) in [6.45, 7) is 0. The Morgan fingerprint density at radius 1 is 1.32 bits per heavy atom. The fraction of sp³-hybridized carbons (Fsp3) is 0.154. The predicted octanol–water partition coefficient (Wildman–Crippen LogP) is 2.87. The van der Waals surface area contributed by atoms with Crippen molar-refractivity contribution in [2.75, 3.05) is 0 Å². The lowest BCUT2D eigenvalue weighted by Gasteiger charge is -2.01. The minimum atomic E-state index is -0.862. The van der Waals surface area contributed by atoms with Crippen LogP contribution in [0.15, 0.2) is 40.8 Å². The molecule has 0 amide bonds. The number of rotatable bonds is 5. The van der Waals surface area contributed by atoms with E-state index >= 15 is 0 Å². The summed E-state index contributed by atoms with van der Waals surface area (Å²) in [5.41, 5.74) is 1.54. The minimum absolute atomic E-state index is 0.0434. The number of hydrogen-bond donors (Lipinski definition) is 1. The van der Waals surface area contributed by atoms with Crippen LogP contribution in [0, 0.1) is 10.1 Å². The van der Waals surface area contributed by atoms with E-state index in [2.05, 4.69) is 0 Å². The van der Waals surface area contributed by atoms with Gasteiger partial charge in [-0.25, -0.2) is 0 Å². The van der Waals surface area contributed by atoms with Crippen LogP contribution in [0.3, 0.4) is 0 Å². The van der Waals surface area contributed by atoms with Crippen LogP contribution >= 0.6 is 0 Å². The molecular formula is C13H11NO5. The summed E-state index contributed by atoms with van der Waals surface area (Å²) in [5.74, 6) is -0.783. The van der Waals surface area contributed by atoms with Gasteiger partial charge in [-0.15, -0.1) is 0 Å². The highest BCUT2D eigenvalue weighted by molar-refractivity contribution is 5.67. The minimum Gasteiger partial charge on any atom is -0.481 e. The monoisotopic (exact) mass is 261 g/mol. The molecule has 0 spiro atoms. The number of carbonyl (C=O) groups is 1. The van der Waals surface area contributed by atoms with Gasteiger partial charge >= 0.3 is 11.9 Å². The van der Waals surface area contributed by atoms with Crippen LogP contribution < -0.4 is 0 Å². The quantitative estimate of drug-likeness (QED) is 0.659. The molecule has 1 aromatic heterocycles. The zero-order chi connectivity index (χ0) is 13.8. The maximum Gasteiger partial charge on any atom is 0.433 e. The molecule has 0 saturated heterocycles. The second-order valence-electron chi connectivity index (χ2n) is 3.99. The Morgan fingerprint density at radius 3 is 2.74 bits per heavy atom. The molecule has 0 radical (unpaired) electrons. The number of hydrogen-bond acceptors (Lipinski definition) is 4. The highest BCUT2D eigenvalue weighted by Gasteiger charge is 2.13. The van der Waals surface area contributed by atoms with Gasteiger partial charge in [-0.2, -0.15) is 0 Å². The van der Waals surface area contributed by atoms with E-state index in [0.29, 0.717) is 17.7 Å². The van der Waals surface area contributed by atoms with Crippen LogP contribution in [0.5, 0.6) is 0 Å². The Morgan fingerprint density at radius 2 is 2.11 bits per heavy atom. The standard InChI is InChI=1S/C13H11NO5/c15-13(16)7-4-9-2-1-3-10(8-9)11-5-6-12(19-11)14(17)18/h1-3,5-6,8H,4,7H2,(H,15,16). The summed E-state index contributed by atoms with van der Waals surface area (Å²) in [5, 5.41) is 19.2. The Labute approximate surface area is 108 Å². The molecule has 6 nitrogen and oxygen atoms in total. The highest BCUT2D eigenvalue weighted by Crippen LogP contribution is 2.26. The molecule has 0 aliphatic heterocycles. The summed E-state index contributed by atoms with van der Waals surface area (Å²) in [6.07, 6.45) is 0.452. The van der Waals surface area contributed by atoms with Crippen molar-refractivity contribution in [1.29, 1.82) is 0 Å². The second-order valence-corrected chi connectivity index (χ2v) is 3.99. The molecule has 2 rings (SSSR count). The van der Waals surface area contributed by atoms with Crippen molar-refractivity contribution < 1.29 is 19.2 Å². The van der Waals surface area contributed by atoms with Crippen molar-refractivity contribution in [1.82, 2.24) is 0 Å².